The fourth-order valence-corrected chi connectivity index (χ4v) is 6.68. The molecule has 3 N–H and O–H groups in total. The minimum atomic E-state index is -4.59. The summed E-state index contributed by atoms with van der Waals surface area (Å²) >= 11 is 0. The van der Waals surface area contributed by atoms with Gasteiger partial charge in [-0.15, -0.1) is 0 Å². The van der Waals surface area contributed by atoms with Crippen LogP contribution in [0.25, 0.3) is 17.0 Å². The van der Waals surface area contributed by atoms with Gasteiger partial charge >= 0.3 is 12.1 Å². The molecule has 0 spiro atoms. The second-order valence-corrected chi connectivity index (χ2v) is 12.8. The number of nitrogens with one attached hydrogen (secondary N) is 2. The first-order valence-electron chi connectivity index (χ1n) is 16.7. The van der Waals surface area contributed by atoms with E-state index in [1.165, 1.54) is 47.4 Å². The summed E-state index contributed by atoms with van der Waals surface area (Å²) in [5.74, 6) is -1.47. The molecule has 3 aliphatic carbocycles. The van der Waals surface area contributed by atoms with Crippen LogP contribution < -0.4 is 10.6 Å². The quantitative estimate of drug-likeness (QED) is 0.287. The van der Waals surface area contributed by atoms with Crippen molar-refractivity contribution in [3.8, 4) is 11.5 Å². The van der Waals surface area contributed by atoms with Gasteiger partial charge in [0.05, 0.1) is 12.5 Å². The molecule has 2 atom stereocenters. The molecule has 1 aromatic heterocycles. The van der Waals surface area contributed by atoms with Crippen LogP contribution in [0.3, 0.4) is 0 Å². The lowest BCUT2D eigenvalue weighted by Crippen LogP contribution is -2.40. The first kappa shape index (κ1) is 35.7. The van der Waals surface area contributed by atoms with E-state index in [0.717, 1.165) is 30.6 Å². The van der Waals surface area contributed by atoms with Crippen LogP contribution >= 0.6 is 0 Å². The topological polar surface area (TPSA) is 147 Å². The van der Waals surface area contributed by atoms with Crippen LogP contribution in [0.5, 0.6) is 0 Å². The Hall–Kier alpha value is -5.08. The third-order valence-corrected chi connectivity index (χ3v) is 9.34. The lowest BCUT2D eigenvalue weighted by atomic mass is 9.92. The number of nitrogens with zero attached hydrogens (tertiary/aromatic N) is 3. The average Bonchev–Trinajstić information content (AvgIpc) is 3.61. The summed E-state index contributed by atoms with van der Waals surface area (Å²) in [6.45, 7) is 1.33. The van der Waals surface area contributed by atoms with Crippen LogP contribution in [0.1, 0.15) is 49.1 Å². The molecule has 6 rings (SSSR count). The lowest BCUT2D eigenvalue weighted by molar-refractivity contribution is -0.143. The molecule has 0 fully saturated rings. The highest BCUT2D eigenvalue weighted by Gasteiger charge is 2.38. The molecule has 51 heavy (non-hydrogen) atoms. The first-order valence-corrected chi connectivity index (χ1v) is 16.7. The summed E-state index contributed by atoms with van der Waals surface area (Å²) in [6, 6.07) is 6.04. The molecule has 1 aliphatic heterocycles. The number of allylic oxidation sites excluding steroid dienone is 7. The van der Waals surface area contributed by atoms with E-state index in [9.17, 15) is 32.7 Å². The van der Waals surface area contributed by atoms with E-state index >= 15 is 0 Å². The number of halogens is 3. The number of carboxylic acid groups (broad SMARTS) is 1. The van der Waals surface area contributed by atoms with Gasteiger partial charge in [-0.05, 0) is 67.0 Å². The molecule has 0 saturated heterocycles. The minimum Gasteiger partial charge on any atom is -0.480 e. The Morgan fingerprint density at radius 2 is 1.98 bits per heavy atom. The Morgan fingerprint density at radius 3 is 2.69 bits per heavy atom. The smallest absolute Gasteiger partial charge is 0.413 e. The van der Waals surface area contributed by atoms with Crippen molar-refractivity contribution in [1.82, 2.24) is 25.7 Å². The first-order chi connectivity index (χ1) is 24.5. The van der Waals surface area contributed by atoms with Gasteiger partial charge in [0.15, 0.2) is 0 Å². The third kappa shape index (κ3) is 8.63. The standard InChI is InChI=1S/C37H38F3N5O6/c1-50-28-14-11-25(31(18-28)37(38,39)40)17-32(46)42-27-12-9-24(10-13-27)36(49)45(21-33(47)48)20-22-5-7-23(8-6-22)34-43-35(51-44-34)30-4-2-3-26-19-41-16-15-29(26)30/h2-5,7-9,11-12,14,22,28,41H,6,10,13,15-21H2,1H3,(H,42,46)(H,47,48). The summed E-state index contributed by atoms with van der Waals surface area (Å²) in [4.78, 5) is 43.8. The Labute approximate surface area is 292 Å². The van der Waals surface area contributed by atoms with E-state index in [1.807, 2.05) is 30.4 Å². The zero-order chi connectivity index (χ0) is 36.1. The number of hydrogen-bond acceptors (Lipinski definition) is 8. The maximum absolute atomic E-state index is 13.6. The monoisotopic (exact) mass is 705 g/mol. The fourth-order valence-electron chi connectivity index (χ4n) is 6.68. The number of hydrogen-bond donors (Lipinski definition) is 3. The molecule has 4 aliphatic rings. The van der Waals surface area contributed by atoms with Crippen LogP contribution in [0.4, 0.5) is 13.2 Å². The van der Waals surface area contributed by atoms with E-state index in [-0.39, 0.29) is 37.3 Å². The summed E-state index contributed by atoms with van der Waals surface area (Å²) < 4.78 is 51.5. The predicted octanol–water partition coefficient (Wildman–Crippen LogP) is 5.20. The molecule has 0 saturated carbocycles. The van der Waals surface area contributed by atoms with Crippen LogP contribution in [-0.2, 0) is 32.1 Å². The van der Waals surface area contributed by atoms with Crippen molar-refractivity contribution in [2.75, 3.05) is 26.7 Å². The maximum atomic E-state index is 13.6. The fraction of sp³-hybridized carbons (Fsp3) is 0.378. The van der Waals surface area contributed by atoms with Gasteiger partial charge in [0.25, 0.3) is 5.89 Å². The molecule has 0 radical (unpaired) electrons. The number of amides is 2. The van der Waals surface area contributed by atoms with Crippen molar-refractivity contribution in [3.63, 3.8) is 0 Å². The van der Waals surface area contributed by atoms with Gasteiger partial charge in [-0.3, -0.25) is 14.4 Å². The van der Waals surface area contributed by atoms with E-state index in [4.69, 9.17) is 9.26 Å². The highest BCUT2D eigenvalue weighted by Crippen LogP contribution is 2.37. The molecular weight excluding hydrogens is 667 g/mol. The van der Waals surface area contributed by atoms with Gasteiger partial charge in [-0.25, -0.2) is 0 Å². The molecule has 2 aromatic rings. The van der Waals surface area contributed by atoms with E-state index in [1.54, 1.807) is 0 Å². The highest BCUT2D eigenvalue weighted by molar-refractivity contribution is 5.96. The van der Waals surface area contributed by atoms with E-state index in [2.05, 4.69) is 26.8 Å². The number of alkyl halides is 3. The van der Waals surface area contributed by atoms with Gasteiger partial charge in [-0.1, -0.05) is 53.7 Å². The van der Waals surface area contributed by atoms with Gasteiger partial charge in [0, 0.05) is 54.6 Å². The lowest BCUT2D eigenvalue weighted by Gasteiger charge is -2.27. The van der Waals surface area contributed by atoms with Crippen molar-refractivity contribution in [2.45, 2.75) is 57.3 Å². The van der Waals surface area contributed by atoms with Crippen LogP contribution in [0.15, 0.2) is 87.7 Å². The zero-order valence-corrected chi connectivity index (χ0v) is 28.0. The van der Waals surface area contributed by atoms with Gasteiger partial charge in [0.2, 0.25) is 17.6 Å². The highest BCUT2D eigenvalue weighted by atomic mass is 19.4. The molecule has 2 unspecified atom stereocenters. The van der Waals surface area contributed by atoms with E-state index < -0.39 is 48.6 Å². The number of carbonyl (C=O) groups is 3. The van der Waals surface area contributed by atoms with Crippen LogP contribution in [0, 0.1) is 5.92 Å². The molecule has 0 bridgehead atoms. The summed E-state index contributed by atoms with van der Waals surface area (Å²) in [5, 5.41) is 19.8. The number of aromatic nitrogens is 2. The van der Waals surface area contributed by atoms with E-state index in [0.29, 0.717) is 29.4 Å². The third-order valence-electron chi connectivity index (χ3n) is 9.34. The van der Waals surface area contributed by atoms with Crippen molar-refractivity contribution in [3.05, 3.63) is 100 Å². The SMILES string of the molecule is COC1C=CC(CC(=O)NC2=CC=C(C(=O)N(CC(=O)O)CC3C=CC(c4noc(-c5cccc6c5CCNC6)n4)=CC3)CC2)=C(C(F)(F)F)C1. The Morgan fingerprint density at radius 1 is 1.14 bits per heavy atom. The van der Waals surface area contributed by atoms with Gasteiger partial charge < -0.3 is 29.9 Å². The maximum Gasteiger partial charge on any atom is 0.413 e. The largest absolute Gasteiger partial charge is 0.480 e. The molecule has 2 amide bonds. The van der Waals surface area contributed by atoms with Crippen LogP contribution in [0.2, 0.25) is 0 Å². The number of carboxylic acids is 1. The van der Waals surface area contributed by atoms with Crippen molar-refractivity contribution < 1.29 is 41.9 Å². The Balaban J connectivity index is 1.06. The summed E-state index contributed by atoms with van der Waals surface area (Å²) in [6.07, 6.45) is 7.24. The van der Waals surface area contributed by atoms with Crippen molar-refractivity contribution in [1.29, 1.82) is 0 Å². The van der Waals surface area contributed by atoms with Crippen molar-refractivity contribution in [2.24, 2.45) is 5.92 Å². The number of benzene rings is 1. The minimum absolute atomic E-state index is 0.121. The molecule has 1 aromatic carbocycles. The predicted molar refractivity (Wildman–Crippen MR) is 180 cm³/mol. The Kier molecular flexibility index (Phi) is 10.8. The van der Waals surface area contributed by atoms with Crippen molar-refractivity contribution >= 4 is 23.4 Å². The summed E-state index contributed by atoms with van der Waals surface area (Å²) in [5.41, 5.74) is 4.00. The zero-order valence-electron chi connectivity index (χ0n) is 28.0. The number of rotatable bonds is 11. The molecular formula is C37H38F3N5O6. The molecule has 2 heterocycles. The number of methoxy groups -OCH3 is 1. The number of fused-ring (bicyclic) bond motifs is 1. The number of ether oxygens (including phenoxy) is 1. The normalized spacial score (nSPS) is 20.3. The molecule has 14 heteroatoms. The summed E-state index contributed by atoms with van der Waals surface area (Å²) in [7, 11) is 1.33. The second kappa shape index (κ2) is 15.4. The van der Waals surface area contributed by atoms with Crippen LogP contribution in [-0.4, -0.2) is 77.0 Å². The number of carbonyl (C=O) groups excluding carboxylic acids is 2. The van der Waals surface area contributed by atoms with Gasteiger partial charge in [-0.2, -0.15) is 18.2 Å². The second-order valence-electron chi connectivity index (χ2n) is 12.8. The molecule has 268 valence electrons. The Bertz CT molecular complexity index is 1890. The number of aliphatic carboxylic acids is 1. The molecule has 11 nitrogen and oxygen atoms in total. The average molecular weight is 706 g/mol. The van der Waals surface area contributed by atoms with Gasteiger partial charge in [0.1, 0.15) is 6.54 Å².